The van der Waals surface area contributed by atoms with E-state index in [0.29, 0.717) is 11.5 Å². The number of carbonyl (C=O) groups excluding carboxylic acids is 1. The van der Waals surface area contributed by atoms with Crippen LogP contribution in [0.15, 0.2) is 28.4 Å². The molecule has 0 aromatic heterocycles. The third-order valence-electron chi connectivity index (χ3n) is 6.06. The minimum absolute atomic E-state index is 0.000967. The Bertz CT molecular complexity index is 589. The lowest BCUT2D eigenvalue weighted by Gasteiger charge is -2.26. The van der Waals surface area contributed by atoms with Crippen molar-refractivity contribution in [2.45, 2.75) is 92.9 Å². The van der Waals surface area contributed by atoms with Crippen molar-refractivity contribution in [3.63, 3.8) is 0 Å². The predicted octanol–water partition coefficient (Wildman–Crippen LogP) is 5.71. The second kappa shape index (κ2) is 21.8. The van der Waals surface area contributed by atoms with Crippen LogP contribution in [0.3, 0.4) is 0 Å². The quantitative estimate of drug-likeness (QED) is 0.124. The lowest BCUT2D eigenvalue weighted by Crippen LogP contribution is -2.37. The van der Waals surface area contributed by atoms with Gasteiger partial charge in [-0.05, 0) is 44.1 Å². The molecule has 1 saturated heterocycles. The molecule has 2 fully saturated rings. The van der Waals surface area contributed by atoms with Crippen molar-refractivity contribution in [3.8, 4) is 0 Å². The second-order valence-electron chi connectivity index (χ2n) is 8.55. The summed E-state index contributed by atoms with van der Waals surface area (Å²) < 4.78 is 5.38. The molecular formula is C28H54N4O2. The molecule has 0 radical (unpaired) electrons. The number of hydrogen-bond donors (Lipinski definition) is 2. The smallest absolute Gasteiger partial charge is 0.249 e. The van der Waals surface area contributed by atoms with Crippen LogP contribution in [0, 0.1) is 5.92 Å². The monoisotopic (exact) mass is 478 g/mol. The van der Waals surface area contributed by atoms with Gasteiger partial charge in [0.1, 0.15) is 0 Å². The van der Waals surface area contributed by atoms with Crippen LogP contribution in [0.2, 0.25) is 0 Å². The molecule has 0 aromatic carbocycles. The van der Waals surface area contributed by atoms with Crippen LogP contribution >= 0.6 is 0 Å². The van der Waals surface area contributed by atoms with Crippen LogP contribution in [0.1, 0.15) is 92.9 Å². The number of carbonyl (C=O) groups is 1. The maximum atomic E-state index is 12.7. The first-order valence-electron chi connectivity index (χ1n) is 13.8. The highest BCUT2D eigenvalue weighted by molar-refractivity contribution is 5.94. The molecular weight excluding hydrogens is 424 g/mol. The van der Waals surface area contributed by atoms with Crippen molar-refractivity contribution in [3.05, 3.63) is 23.4 Å². The zero-order valence-electron chi connectivity index (χ0n) is 23.2. The van der Waals surface area contributed by atoms with E-state index in [-0.39, 0.29) is 5.91 Å². The van der Waals surface area contributed by atoms with Gasteiger partial charge in [0, 0.05) is 38.3 Å². The van der Waals surface area contributed by atoms with Crippen molar-refractivity contribution in [2.75, 3.05) is 45.9 Å². The van der Waals surface area contributed by atoms with E-state index in [1.54, 1.807) is 6.34 Å². The van der Waals surface area contributed by atoms with E-state index in [1.807, 2.05) is 34.6 Å². The Morgan fingerprint density at radius 1 is 1.12 bits per heavy atom. The van der Waals surface area contributed by atoms with E-state index in [1.165, 1.54) is 32.1 Å². The molecule has 34 heavy (non-hydrogen) atoms. The fourth-order valence-electron chi connectivity index (χ4n) is 4.16. The van der Waals surface area contributed by atoms with Gasteiger partial charge in [0.05, 0.1) is 25.2 Å². The van der Waals surface area contributed by atoms with Gasteiger partial charge in [-0.15, -0.1) is 0 Å². The van der Waals surface area contributed by atoms with Gasteiger partial charge in [0.2, 0.25) is 5.91 Å². The first kappa shape index (κ1) is 32.3. The van der Waals surface area contributed by atoms with E-state index in [0.717, 1.165) is 76.5 Å². The Labute approximate surface area is 210 Å². The largest absolute Gasteiger partial charge is 0.379 e. The second-order valence-corrected chi connectivity index (χ2v) is 8.55. The Hall–Kier alpha value is -1.66. The van der Waals surface area contributed by atoms with Crippen molar-refractivity contribution in [1.29, 1.82) is 0 Å². The Morgan fingerprint density at radius 3 is 2.38 bits per heavy atom. The highest BCUT2D eigenvalue weighted by Gasteiger charge is 2.17. The van der Waals surface area contributed by atoms with Crippen LogP contribution in [0.25, 0.3) is 0 Å². The first-order valence-corrected chi connectivity index (χ1v) is 13.8. The minimum atomic E-state index is 0.000967. The molecule has 0 unspecified atom stereocenters. The molecule has 1 saturated carbocycles. The summed E-state index contributed by atoms with van der Waals surface area (Å²) in [4.78, 5) is 19.7. The molecule has 2 N–H and O–H groups in total. The van der Waals surface area contributed by atoms with Crippen LogP contribution in [0.5, 0.6) is 0 Å². The molecule has 1 aliphatic heterocycles. The summed E-state index contributed by atoms with van der Waals surface area (Å²) in [5.41, 5.74) is 2.47. The molecule has 198 valence electrons. The van der Waals surface area contributed by atoms with Gasteiger partial charge in [0.15, 0.2) is 0 Å². The highest BCUT2D eigenvalue weighted by atomic mass is 16.5. The maximum absolute atomic E-state index is 12.7. The van der Waals surface area contributed by atoms with Gasteiger partial charge >= 0.3 is 0 Å². The fraction of sp³-hybridized carbons (Fsp3) is 0.786. The van der Waals surface area contributed by atoms with Crippen molar-refractivity contribution in [1.82, 2.24) is 15.5 Å². The minimum Gasteiger partial charge on any atom is -0.379 e. The van der Waals surface area contributed by atoms with E-state index in [9.17, 15) is 4.79 Å². The van der Waals surface area contributed by atoms with Gasteiger partial charge in [-0.1, -0.05) is 66.9 Å². The normalized spacial score (nSPS) is 17.6. The number of amides is 1. The summed E-state index contributed by atoms with van der Waals surface area (Å²) >= 11 is 0. The fourth-order valence-corrected chi connectivity index (χ4v) is 4.16. The first-order chi connectivity index (χ1) is 16.6. The number of nitrogens with zero attached hydrogens (tertiary/aromatic N) is 2. The number of nitrogens with one attached hydrogen (secondary N) is 2. The molecule has 1 aliphatic carbocycles. The van der Waals surface area contributed by atoms with Gasteiger partial charge < -0.3 is 15.4 Å². The van der Waals surface area contributed by atoms with Crippen LogP contribution < -0.4 is 10.6 Å². The van der Waals surface area contributed by atoms with Crippen molar-refractivity contribution < 1.29 is 9.53 Å². The number of morpholine rings is 1. The molecule has 6 heteroatoms. The van der Waals surface area contributed by atoms with Crippen LogP contribution in [-0.4, -0.2) is 63.1 Å². The van der Waals surface area contributed by atoms with Gasteiger partial charge in [0.25, 0.3) is 0 Å². The van der Waals surface area contributed by atoms with E-state index >= 15 is 0 Å². The topological polar surface area (TPSA) is 66.0 Å². The molecule has 0 bridgehead atoms. The molecule has 0 spiro atoms. The summed E-state index contributed by atoms with van der Waals surface area (Å²) in [6, 6.07) is 0. The average Bonchev–Trinajstić information content (AvgIpc) is 2.90. The van der Waals surface area contributed by atoms with Crippen LogP contribution in [-0.2, 0) is 9.53 Å². The lowest BCUT2D eigenvalue weighted by atomic mass is 9.89. The summed E-state index contributed by atoms with van der Waals surface area (Å²) in [5, 5.41) is 6.39. The van der Waals surface area contributed by atoms with Gasteiger partial charge in [-0.3, -0.25) is 14.7 Å². The SMILES string of the molecule is C=C(CCC)/C(NC=NCCCN1CCOCC1)=C(\C)C(=O)NCC1CCCCC1.CC.CC. The summed E-state index contributed by atoms with van der Waals surface area (Å²) in [5.74, 6) is 0.625. The summed E-state index contributed by atoms with van der Waals surface area (Å²) in [6.07, 6.45) is 11.0. The molecule has 1 amide bonds. The Kier molecular flexibility index (Phi) is 20.8. The van der Waals surface area contributed by atoms with Gasteiger partial charge in [-0.2, -0.15) is 0 Å². The number of aliphatic imine (C=N–C) groups is 1. The summed E-state index contributed by atoms with van der Waals surface area (Å²) in [6.45, 7) is 22.5. The third-order valence-corrected chi connectivity index (χ3v) is 6.06. The van der Waals surface area contributed by atoms with Crippen molar-refractivity contribution in [2.24, 2.45) is 10.9 Å². The lowest BCUT2D eigenvalue weighted by molar-refractivity contribution is -0.117. The molecule has 6 nitrogen and oxygen atoms in total. The number of hydrogen-bond acceptors (Lipinski definition) is 4. The Morgan fingerprint density at radius 2 is 1.76 bits per heavy atom. The van der Waals surface area contributed by atoms with Gasteiger partial charge in [-0.25, -0.2) is 0 Å². The maximum Gasteiger partial charge on any atom is 0.249 e. The number of rotatable bonds is 12. The standard InChI is InChI=1S/C24H42N4O2.2C2H6/c1-4-9-20(2)23(21(3)24(29)26-18-22-10-6-5-7-11-22)27-19-25-12-8-13-28-14-16-30-17-15-28;2*1-2/h19,22H,2,4-18H2,1,3H3,(H,25,27)(H,26,29);2*1-2H3/b23-21-;;. The average molecular weight is 479 g/mol. The summed E-state index contributed by atoms with van der Waals surface area (Å²) in [7, 11) is 0. The number of allylic oxidation sites excluding steroid dienone is 1. The van der Waals surface area contributed by atoms with Crippen molar-refractivity contribution >= 4 is 12.2 Å². The predicted molar refractivity (Wildman–Crippen MR) is 147 cm³/mol. The molecule has 0 atom stereocenters. The molecule has 1 heterocycles. The van der Waals surface area contributed by atoms with E-state index < -0.39 is 0 Å². The number of ether oxygens (including phenoxy) is 1. The van der Waals surface area contributed by atoms with E-state index in [2.05, 4.69) is 34.0 Å². The Balaban J connectivity index is 0.00000258. The zero-order valence-corrected chi connectivity index (χ0v) is 23.2. The van der Waals surface area contributed by atoms with Crippen LogP contribution in [0.4, 0.5) is 0 Å². The molecule has 2 rings (SSSR count). The third kappa shape index (κ3) is 13.9. The molecule has 2 aliphatic rings. The highest BCUT2D eigenvalue weighted by Crippen LogP contribution is 2.23. The van der Waals surface area contributed by atoms with E-state index in [4.69, 9.17) is 4.74 Å². The zero-order chi connectivity index (χ0) is 25.6. The molecule has 0 aromatic rings.